The molecule has 0 saturated heterocycles. The molecule has 0 amide bonds. The summed E-state index contributed by atoms with van der Waals surface area (Å²) in [6.45, 7) is 3.55. The Bertz CT molecular complexity index is 157. The zero-order valence-corrected chi connectivity index (χ0v) is 5.11. The van der Waals surface area contributed by atoms with Crippen LogP contribution in [0.5, 0.6) is 0 Å². The second kappa shape index (κ2) is 2.57. The Morgan fingerprint density at radius 2 is 2.75 bits per heavy atom. The molecule has 8 heavy (non-hydrogen) atoms. The molecular weight excluding hydrogens is 120 g/mol. The smallest absolute Gasteiger partial charge is 0.174 e. The maximum Gasteiger partial charge on any atom is 0.174 e. The Kier molecular flexibility index (Phi) is 1.75. The number of aromatic nitrogens is 2. The lowest BCUT2D eigenvalue weighted by Gasteiger charge is -1.78. The molecule has 0 bridgehead atoms. The van der Waals surface area contributed by atoms with Gasteiger partial charge < -0.3 is 0 Å². The minimum absolute atomic E-state index is 0.750. The first kappa shape index (κ1) is 5.44. The van der Waals surface area contributed by atoms with Crippen LogP contribution in [0.3, 0.4) is 0 Å². The van der Waals surface area contributed by atoms with Crippen LogP contribution in [0.4, 0.5) is 0 Å². The summed E-state index contributed by atoms with van der Waals surface area (Å²) in [6, 6.07) is 0. The minimum atomic E-state index is 0.750. The van der Waals surface area contributed by atoms with Crippen molar-refractivity contribution in [1.82, 2.24) is 9.36 Å². The molecule has 0 spiro atoms. The van der Waals surface area contributed by atoms with Gasteiger partial charge in [-0.3, -0.25) is 0 Å². The standard InChI is InChI=1S/C5H5N2S/c1-2-3-5-6-4-8-7-5/h2H,1,3H2. The van der Waals surface area contributed by atoms with Crippen LogP contribution in [0.1, 0.15) is 5.82 Å². The fourth-order valence-corrected chi connectivity index (χ4v) is 0.786. The van der Waals surface area contributed by atoms with Crippen LogP contribution < -0.4 is 0 Å². The van der Waals surface area contributed by atoms with Gasteiger partial charge in [0.2, 0.25) is 0 Å². The van der Waals surface area contributed by atoms with Crippen molar-refractivity contribution in [2.45, 2.75) is 6.42 Å². The van der Waals surface area contributed by atoms with Gasteiger partial charge in [0.15, 0.2) is 5.51 Å². The van der Waals surface area contributed by atoms with Crippen LogP contribution in [0.15, 0.2) is 12.7 Å². The molecule has 0 aliphatic rings. The number of hydrogen-bond acceptors (Lipinski definition) is 3. The molecule has 0 atom stereocenters. The lowest BCUT2D eigenvalue weighted by molar-refractivity contribution is 1.07. The van der Waals surface area contributed by atoms with Crippen molar-refractivity contribution in [3.63, 3.8) is 0 Å². The van der Waals surface area contributed by atoms with E-state index in [9.17, 15) is 0 Å². The highest BCUT2D eigenvalue weighted by molar-refractivity contribution is 7.02. The third-order valence-corrected chi connectivity index (χ3v) is 1.17. The van der Waals surface area contributed by atoms with Crippen molar-refractivity contribution in [3.8, 4) is 0 Å². The van der Waals surface area contributed by atoms with Crippen molar-refractivity contribution in [3.05, 3.63) is 24.0 Å². The van der Waals surface area contributed by atoms with Gasteiger partial charge in [-0.2, -0.15) is 4.37 Å². The second-order valence-electron chi connectivity index (χ2n) is 1.29. The lowest BCUT2D eigenvalue weighted by Crippen LogP contribution is -1.80. The van der Waals surface area contributed by atoms with Crippen LogP contribution in [0.2, 0.25) is 0 Å². The zero-order chi connectivity index (χ0) is 5.82. The third-order valence-electron chi connectivity index (χ3n) is 0.693. The molecule has 0 saturated carbocycles. The molecule has 1 rings (SSSR count). The maximum absolute atomic E-state index is 3.91. The van der Waals surface area contributed by atoms with Crippen LogP contribution in [-0.4, -0.2) is 9.36 Å². The number of nitrogens with zero attached hydrogens (tertiary/aromatic N) is 2. The van der Waals surface area contributed by atoms with Gasteiger partial charge in [-0.05, 0) is 11.5 Å². The molecule has 1 heterocycles. The Morgan fingerprint density at radius 1 is 1.88 bits per heavy atom. The van der Waals surface area contributed by atoms with Crippen LogP contribution in [0.25, 0.3) is 0 Å². The van der Waals surface area contributed by atoms with Crippen LogP contribution in [0, 0.1) is 5.51 Å². The first-order valence-electron chi connectivity index (χ1n) is 2.23. The van der Waals surface area contributed by atoms with Crippen molar-refractivity contribution in [2.75, 3.05) is 0 Å². The predicted molar refractivity (Wildman–Crippen MR) is 32.6 cm³/mol. The van der Waals surface area contributed by atoms with E-state index in [1.54, 1.807) is 6.08 Å². The van der Waals surface area contributed by atoms with Gasteiger partial charge >= 0.3 is 0 Å². The molecule has 2 nitrogen and oxygen atoms in total. The van der Waals surface area contributed by atoms with Gasteiger partial charge in [-0.25, -0.2) is 4.98 Å². The van der Waals surface area contributed by atoms with E-state index in [1.807, 2.05) is 0 Å². The summed E-state index contributed by atoms with van der Waals surface area (Å²) in [5, 5.41) is 0. The Hall–Kier alpha value is -0.700. The molecule has 0 fully saturated rings. The van der Waals surface area contributed by atoms with E-state index in [0.717, 1.165) is 12.2 Å². The highest BCUT2D eigenvalue weighted by atomic mass is 32.1. The van der Waals surface area contributed by atoms with Gasteiger partial charge in [0.05, 0.1) is 0 Å². The Morgan fingerprint density at radius 3 is 3.25 bits per heavy atom. The monoisotopic (exact) mass is 125 g/mol. The summed E-state index contributed by atoms with van der Waals surface area (Å²) in [4.78, 5) is 3.82. The topological polar surface area (TPSA) is 25.8 Å². The fourth-order valence-electron chi connectivity index (χ4n) is 0.379. The molecule has 0 aliphatic carbocycles. The molecule has 0 N–H and O–H groups in total. The average Bonchev–Trinajstić information content (AvgIpc) is 2.19. The molecule has 1 aromatic rings. The summed E-state index contributed by atoms with van der Waals surface area (Å²) in [6.07, 6.45) is 2.52. The minimum Gasteiger partial charge on any atom is -0.216 e. The summed E-state index contributed by atoms with van der Waals surface area (Å²) in [5.74, 6) is 0.810. The number of hydrogen-bond donors (Lipinski definition) is 0. The van der Waals surface area contributed by atoms with Crippen LogP contribution in [-0.2, 0) is 6.42 Å². The summed E-state index contributed by atoms with van der Waals surface area (Å²) >= 11 is 1.25. The largest absolute Gasteiger partial charge is 0.216 e. The molecule has 3 heteroatoms. The average molecular weight is 125 g/mol. The Labute approximate surface area is 52.1 Å². The molecule has 41 valence electrons. The third kappa shape index (κ3) is 1.13. The van der Waals surface area contributed by atoms with Crippen LogP contribution >= 0.6 is 11.5 Å². The van der Waals surface area contributed by atoms with Crippen molar-refractivity contribution >= 4 is 11.5 Å². The molecule has 0 aromatic carbocycles. The van der Waals surface area contributed by atoms with E-state index in [4.69, 9.17) is 0 Å². The quantitative estimate of drug-likeness (QED) is 0.552. The summed E-state index contributed by atoms with van der Waals surface area (Å²) in [5.41, 5.74) is 2.65. The van der Waals surface area contributed by atoms with E-state index in [-0.39, 0.29) is 0 Å². The van der Waals surface area contributed by atoms with E-state index in [0.29, 0.717) is 0 Å². The Balaban J connectivity index is 2.62. The van der Waals surface area contributed by atoms with Crippen molar-refractivity contribution in [2.24, 2.45) is 0 Å². The van der Waals surface area contributed by atoms with Gasteiger partial charge in [0.1, 0.15) is 5.82 Å². The molecule has 0 unspecified atom stereocenters. The molecule has 0 aliphatic heterocycles. The van der Waals surface area contributed by atoms with Gasteiger partial charge in [-0.1, -0.05) is 6.08 Å². The van der Waals surface area contributed by atoms with Gasteiger partial charge in [0.25, 0.3) is 0 Å². The summed E-state index contributed by atoms with van der Waals surface area (Å²) in [7, 11) is 0. The van der Waals surface area contributed by atoms with E-state index < -0.39 is 0 Å². The molecular formula is C5H5N2S. The number of allylic oxidation sites excluding steroid dienone is 1. The highest BCUT2D eigenvalue weighted by Gasteiger charge is 1.89. The van der Waals surface area contributed by atoms with E-state index >= 15 is 0 Å². The molecule has 1 radical (unpaired) electrons. The summed E-state index contributed by atoms with van der Waals surface area (Å²) < 4.78 is 3.91. The first-order chi connectivity index (χ1) is 3.93. The highest BCUT2D eigenvalue weighted by Crippen LogP contribution is 1.92. The lowest BCUT2D eigenvalue weighted by atomic mass is 10.4. The zero-order valence-electron chi connectivity index (χ0n) is 4.29. The van der Waals surface area contributed by atoms with Gasteiger partial charge in [-0.15, -0.1) is 6.58 Å². The van der Waals surface area contributed by atoms with E-state index in [2.05, 4.69) is 21.4 Å². The SMILES string of the molecule is C=CCc1n[c]sn1. The van der Waals surface area contributed by atoms with Crippen molar-refractivity contribution in [1.29, 1.82) is 0 Å². The van der Waals surface area contributed by atoms with E-state index in [1.165, 1.54) is 11.5 Å². The van der Waals surface area contributed by atoms with Crippen molar-refractivity contribution < 1.29 is 0 Å². The second-order valence-corrected chi connectivity index (χ2v) is 1.84. The predicted octanol–water partition coefficient (Wildman–Crippen LogP) is 1.07. The van der Waals surface area contributed by atoms with Gasteiger partial charge in [0, 0.05) is 6.42 Å². The number of rotatable bonds is 2. The first-order valence-corrected chi connectivity index (χ1v) is 3.00. The molecule has 1 aromatic heterocycles. The normalized spacial score (nSPS) is 9.00. The fraction of sp³-hybridized carbons (Fsp3) is 0.200. The maximum atomic E-state index is 3.91.